The first-order valence-electron chi connectivity index (χ1n) is 15.3. The molecule has 1 unspecified atom stereocenters. The van der Waals surface area contributed by atoms with E-state index in [1.807, 2.05) is 74.5 Å². The molecule has 2 heterocycles. The van der Waals surface area contributed by atoms with Gasteiger partial charge in [0.2, 0.25) is 5.91 Å². The van der Waals surface area contributed by atoms with Crippen LogP contribution in [0.2, 0.25) is 0 Å². The molecule has 43 heavy (non-hydrogen) atoms. The van der Waals surface area contributed by atoms with Crippen LogP contribution in [0.25, 0.3) is 10.9 Å². The van der Waals surface area contributed by atoms with Crippen LogP contribution in [0.15, 0.2) is 66.7 Å². The molecule has 3 aromatic rings. The number of likely N-dealkylation sites (tertiary alicyclic amines) is 1. The number of carbonyl (C=O) groups is 3. The Bertz CT molecular complexity index is 1360. The van der Waals surface area contributed by atoms with Crippen molar-refractivity contribution in [3.05, 3.63) is 78.0 Å². The Morgan fingerprint density at radius 1 is 0.907 bits per heavy atom. The van der Waals surface area contributed by atoms with Gasteiger partial charge in [0.1, 0.15) is 18.3 Å². The Labute approximate surface area is 254 Å². The fraction of sp³-hybridized carbons (Fsp3) is 0.471. The second kappa shape index (κ2) is 15.5. The summed E-state index contributed by atoms with van der Waals surface area (Å²) in [5.74, 6) is 0.0672. The lowest BCUT2D eigenvalue weighted by atomic mass is 10.0. The number of carbonyl (C=O) groups excluding carboxylic acids is 3. The number of amides is 3. The largest absolute Gasteiger partial charge is 0.445 e. The summed E-state index contributed by atoms with van der Waals surface area (Å²) in [6, 6.07) is 20.0. The zero-order valence-electron chi connectivity index (χ0n) is 25.7. The molecule has 0 spiro atoms. The van der Waals surface area contributed by atoms with Crippen molar-refractivity contribution >= 4 is 28.8 Å². The molecule has 3 atom stereocenters. The molecule has 1 saturated heterocycles. The third kappa shape index (κ3) is 10.1. The van der Waals surface area contributed by atoms with Gasteiger partial charge in [-0.3, -0.25) is 14.5 Å². The van der Waals surface area contributed by atoms with E-state index in [1.165, 1.54) is 0 Å². The SMILES string of the molecule is CC(C)C[C@@H](CN1CCC(NC(=O)[C@@H](CC(C)C)NC(=O)c2ccc3ccccc3n2)C1)NC(=O)OCc1ccccc1. The summed E-state index contributed by atoms with van der Waals surface area (Å²) in [5, 5.41) is 10.1. The highest BCUT2D eigenvalue weighted by molar-refractivity contribution is 5.97. The molecule has 1 aromatic heterocycles. The Morgan fingerprint density at radius 2 is 1.63 bits per heavy atom. The van der Waals surface area contributed by atoms with Crippen molar-refractivity contribution < 1.29 is 19.1 Å². The number of pyridine rings is 1. The quantitative estimate of drug-likeness (QED) is 0.262. The molecule has 9 heteroatoms. The highest BCUT2D eigenvalue weighted by atomic mass is 16.5. The van der Waals surface area contributed by atoms with Gasteiger partial charge in [-0.1, -0.05) is 82.3 Å². The molecule has 9 nitrogen and oxygen atoms in total. The fourth-order valence-electron chi connectivity index (χ4n) is 5.54. The number of ether oxygens (including phenoxy) is 1. The molecule has 0 bridgehead atoms. The van der Waals surface area contributed by atoms with Crippen molar-refractivity contribution in [2.75, 3.05) is 19.6 Å². The molecule has 3 N–H and O–H groups in total. The lowest BCUT2D eigenvalue weighted by molar-refractivity contribution is -0.124. The topological polar surface area (TPSA) is 113 Å². The lowest BCUT2D eigenvalue weighted by Crippen LogP contribution is -2.51. The number of fused-ring (bicyclic) bond motifs is 1. The van der Waals surface area contributed by atoms with Crippen molar-refractivity contribution in [3.8, 4) is 0 Å². The van der Waals surface area contributed by atoms with Crippen LogP contribution < -0.4 is 16.0 Å². The Kier molecular flexibility index (Phi) is 11.5. The van der Waals surface area contributed by atoms with Gasteiger partial charge in [-0.15, -0.1) is 0 Å². The Balaban J connectivity index is 1.30. The Hall–Kier alpha value is -3.98. The highest BCUT2D eigenvalue weighted by Crippen LogP contribution is 2.16. The summed E-state index contributed by atoms with van der Waals surface area (Å²) in [4.78, 5) is 45.8. The maximum absolute atomic E-state index is 13.4. The summed E-state index contributed by atoms with van der Waals surface area (Å²) >= 11 is 0. The van der Waals surface area contributed by atoms with Crippen LogP contribution in [0.5, 0.6) is 0 Å². The van der Waals surface area contributed by atoms with E-state index >= 15 is 0 Å². The maximum Gasteiger partial charge on any atom is 0.407 e. The van der Waals surface area contributed by atoms with Gasteiger partial charge in [0.25, 0.3) is 5.91 Å². The van der Waals surface area contributed by atoms with Gasteiger partial charge < -0.3 is 20.7 Å². The highest BCUT2D eigenvalue weighted by Gasteiger charge is 2.30. The number of nitrogens with zero attached hydrogens (tertiary/aromatic N) is 2. The van der Waals surface area contributed by atoms with E-state index in [0.29, 0.717) is 31.1 Å². The zero-order chi connectivity index (χ0) is 30.8. The molecule has 4 rings (SSSR count). The first-order valence-corrected chi connectivity index (χ1v) is 15.3. The van der Waals surface area contributed by atoms with Crippen LogP contribution in [0.3, 0.4) is 0 Å². The maximum atomic E-state index is 13.4. The predicted molar refractivity (Wildman–Crippen MR) is 168 cm³/mol. The first-order chi connectivity index (χ1) is 20.7. The van der Waals surface area contributed by atoms with E-state index in [2.05, 4.69) is 39.7 Å². The number of hydrogen-bond donors (Lipinski definition) is 3. The Morgan fingerprint density at radius 3 is 2.37 bits per heavy atom. The van der Waals surface area contributed by atoms with Crippen LogP contribution in [0.4, 0.5) is 4.79 Å². The lowest BCUT2D eigenvalue weighted by Gasteiger charge is -2.26. The molecular weight excluding hydrogens is 542 g/mol. The normalized spacial score (nSPS) is 16.7. The number of rotatable bonds is 13. The fourth-order valence-corrected chi connectivity index (χ4v) is 5.54. The monoisotopic (exact) mass is 587 g/mol. The molecule has 2 aromatic carbocycles. The third-order valence-electron chi connectivity index (χ3n) is 7.55. The second-order valence-electron chi connectivity index (χ2n) is 12.3. The van der Waals surface area contributed by atoms with Crippen LogP contribution in [0.1, 0.15) is 63.0 Å². The number of alkyl carbamates (subject to hydrolysis) is 1. The van der Waals surface area contributed by atoms with E-state index in [1.54, 1.807) is 6.07 Å². The summed E-state index contributed by atoms with van der Waals surface area (Å²) < 4.78 is 5.46. The number of hydrogen-bond acceptors (Lipinski definition) is 6. The van der Waals surface area contributed by atoms with E-state index < -0.39 is 12.1 Å². The molecule has 1 aliphatic heterocycles. The minimum absolute atomic E-state index is 0.0393. The van der Waals surface area contributed by atoms with E-state index in [-0.39, 0.29) is 36.4 Å². The van der Waals surface area contributed by atoms with Crippen molar-refractivity contribution in [1.82, 2.24) is 25.8 Å². The summed E-state index contributed by atoms with van der Waals surface area (Å²) in [6.45, 7) is 10.7. The molecule has 1 aliphatic rings. The molecule has 1 fully saturated rings. The summed E-state index contributed by atoms with van der Waals surface area (Å²) in [7, 11) is 0. The van der Waals surface area contributed by atoms with Crippen molar-refractivity contribution in [1.29, 1.82) is 0 Å². The zero-order valence-corrected chi connectivity index (χ0v) is 25.7. The third-order valence-corrected chi connectivity index (χ3v) is 7.55. The molecule has 3 amide bonds. The smallest absolute Gasteiger partial charge is 0.407 e. The van der Waals surface area contributed by atoms with Crippen molar-refractivity contribution in [2.45, 2.75) is 71.7 Å². The van der Waals surface area contributed by atoms with Crippen LogP contribution >= 0.6 is 0 Å². The molecule has 0 radical (unpaired) electrons. The van der Waals surface area contributed by atoms with Crippen LogP contribution in [-0.4, -0.2) is 65.6 Å². The minimum atomic E-state index is -0.662. The van der Waals surface area contributed by atoms with E-state index in [4.69, 9.17) is 4.74 Å². The summed E-state index contributed by atoms with van der Waals surface area (Å²) in [6.07, 6.45) is 1.71. The van der Waals surface area contributed by atoms with Gasteiger partial charge in [0.15, 0.2) is 0 Å². The van der Waals surface area contributed by atoms with Gasteiger partial charge in [-0.25, -0.2) is 9.78 Å². The van der Waals surface area contributed by atoms with Gasteiger partial charge in [0.05, 0.1) is 5.52 Å². The predicted octanol–water partition coefficient (Wildman–Crippen LogP) is 4.91. The van der Waals surface area contributed by atoms with Crippen molar-refractivity contribution in [2.24, 2.45) is 11.8 Å². The second-order valence-corrected chi connectivity index (χ2v) is 12.3. The van der Waals surface area contributed by atoms with Gasteiger partial charge in [-0.2, -0.15) is 0 Å². The molecule has 230 valence electrons. The van der Waals surface area contributed by atoms with Gasteiger partial charge >= 0.3 is 6.09 Å². The number of para-hydroxylation sites is 1. The van der Waals surface area contributed by atoms with Crippen LogP contribution in [-0.2, 0) is 16.1 Å². The van der Waals surface area contributed by atoms with Gasteiger partial charge in [0, 0.05) is 37.1 Å². The van der Waals surface area contributed by atoms with Crippen molar-refractivity contribution in [3.63, 3.8) is 0 Å². The van der Waals surface area contributed by atoms with Gasteiger partial charge in [-0.05, 0) is 48.8 Å². The van der Waals surface area contributed by atoms with E-state index in [9.17, 15) is 14.4 Å². The standard InChI is InChI=1S/C34H45N5O4/c1-23(2)18-28(36-34(42)43-22-25-10-6-5-7-11-25)21-39-17-16-27(20-39)35-33(41)31(19-24(3)4)38-32(40)30-15-14-26-12-8-9-13-29(26)37-30/h5-15,23-24,27-28,31H,16-22H2,1-4H3,(H,35,41)(H,36,42)(H,38,40)/t27?,28-,31+/m0/s1. The van der Waals surface area contributed by atoms with E-state index in [0.717, 1.165) is 35.9 Å². The number of nitrogens with one attached hydrogen (secondary N) is 3. The number of benzene rings is 2. The summed E-state index contributed by atoms with van der Waals surface area (Å²) in [5.41, 5.74) is 1.97. The average Bonchev–Trinajstić information content (AvgIpc) is 3.41. The molecule has 0 saturated carbocycles. The first kappa shape index (κ1) is 31.9. The number of aromatic nitrogens is 1. The van der Waals surface area contributed by atoms with Crippen LogP contribution in [0, 0.1) is 11.8 Å². The average molecular weight is 588 g/mol. The molecule has 0 aliphatic carbocycles. The molecular formula is C34H45N5O4. The minimum Gasteiger partial charge on any atom is -0.445 e.